The van der Waals surface area contributed by atoms with Crippen molar-refractivity contribution in [1.82, 2.24) is 4.90 Å². The molecule has 2 bridgehead atoms. The van der Waals surface area contributed by atoms with E-state index in [4.69, 9.17) is 20.4 Å². The van der Waals surface area contributed by atoms with Crippen LogP contribution in [0.1, 0.15) is 43.2 Å². The van der Waals surface area contributed by atoms with Crippen molar-refractivity contribution in [1.29, 1.82) is 0 Å². The van der Waals surface area contributed by atoms with Crippen LogP contribution in [-0.2, 0) is 21.4 Å². The zero-order valence-corrected chi connectivity index (χ0v) is 17.5. The van der Waals surface area contributed by atoms with Crippen LogP contribution in [0.2, 0.25) is 0 Å². The number of piperidine rings is 1. The number of phenolic OH excluding ortho intramolecular Hbond substituents is 1. The van der Waals surface area contributed by atoms with Gasteiger partial charge in [-0.05, 0) is 61.4 Å². The molecule has 0 unspecified atom stereocenters. The van der Waals surface area contributed by atoms with Crippen molar-refractivity contribution in [3.63, 3.8) is 0 Å². The molecular weight excluding hydrogens is 402 g/mol. The monoisotopic (exact) mass is 433 g/mol. The fraction of sp³-hybridized carbons (Fsp3) is 0.565. The number of aromatic hydroxyl groups is 1. The van der Waals surface area contributed by atoms with E-state index in [0.29, 0.717) is 17.2 Å². The first-order chi connectivity index (χ1) is 14.7. The molecule has 1 aliphatic heterocycles. The van der Waals surface area contributed by atoms with Crippen molar-refractivity contribution < 1.29 is 35.1 Å². The summed E-state index contributed by atoms with van der Waals surface area (Å²) in [7, 11) is 0. The third kappa shape index (κ3) is 4.46. The first-order valence-corrected chi connectivity index (χ1v) is 10.7. The van der Waals surface area contributed by atoms with Crippen LogP contribution in [0.25, 0.3) is 0 Å². The Bertz CT molecular complexity index is 823. The average molecular weight is 434 g/mol. The van der Waals surface area contributed by atoms with E-state index in [1.807, 2.05) is 6.07 Å². The number of carboxylic acids is 2. The van der Waals surface area contributed by atoms with Crippen LogP contribution in [-0.4, -0.2) is 73.7 Å². The second-order valence-electron chi connectivity index (χ2n) is 8.72. The molecule has 0 spiro atoms. The zero-order valence-electron chi connectivity index (χ0n) is 17.5. The Balaban J connectivity index is 0.000000233. The Morgan fingerprint density at radius 3 is 2.45 bits per heavy atom. The molecule has 170 valence electrons. The SMILES string of the molecule is C=CCN1CC[C@]23CCCC[C@H]2[C@H]1Cc1ccc(O)cc13.O=C(O)[C@H](O)[C@@H](O)C(=O)O. The Hall–Kier alpha value is -2.42. The van der Waals surface area contributed by atoms with Gasteiger partial charge in [0, 0.05) is 18.0 Å². The van der Waals surface area contributed by atoms with E-state index in [1.54, 1.807) is 0 Å². The van der Waals surface area contributed by atoms with Crippen molar-refractivity contribution in [2.24, 2.45) is 5.92 Å². The largest absolute Gasteiger partial charge is 0.508 e. The molecule has 1 saturated heterocycles. The van der Waals surface area contributed by atoms with E-state index in [0.717, 1.165) is 18.9 Å². The number of carboxylic acid groups (broad SMARTS) is 2. The number of hydrogen-bond donors (Lipinski definition) is 5. The third-order valence-electron chi connectivity index (χ3n) is 7.10. The van der Waals surface area contributed by atoms with E-state index in [1.165, 1.54) is 49.8 Å². The number of aliphatic carboxylic acids is 2. The highest BCUT2D eigenvalue weighted by atomic mass is 16.4. The molecule has 1 aromatic rings. The minimum Gasteiger partial charge on any atom is -0.508 e. The lowest BCUT2D eigenvalue weighted by Gasteiger charge is -2.59. The van der Waals surface area contributed by atoms with Crippen molar-refractivity contribution in [2.75, 3.05) is 13.1 Å². The molecule has 3 aliphatic rings. The van der Waals surface area contributed by atoms with Gasteiger partial charge in [0.15, 0.2) is 12.2 Å². The van der Waals surface area contributed by atoms with Gasteiger partial charge in [0.05, 0.1) is 0 Å². The molecule has 1 heterocycles. The van der Waals surface area contributed by atoms with Crippen molar-refractivity contribution >= 4 is 11.9 Å². The fourth-order valence-electron chi connectivity index (χ4n) is 5.74. The van der Waals surface area contributed by atoms with Crippen LogP contribution in [0.5, 0.6) is 5.75 Å². The maximum atomic E-state index is 9.98. The van der Waals surface area contributed by atoms with Crippen molar-refractivity contribution in [3.8, 4) is 5.75 Å². The summed E-state index contributed by atoms with van der Waals surface area (Å²) < 4.78 is 0. The van der Waals surface area contributed by atoms with Crippen molar-refractivity contribution in [3.05, 3.63) is 42.0 Å². The maximum Gasteiger partial charge on any atom is 0.335 e. The summed E-state index contributed by atoms with van der Waals surface area (Å²) in [4.78, 5) is 22.2. The van der Waals surface area contributed by atoms with E-state index < -0.39 is 24.1 Å². The van der Waals surface area contributed by atoms with Gasteiger partial charge >= 0.3 is 11.9 Å². The first kappa shape index (κ1) is 23.2. The van der Waals surface area contributed by atoms with Gasteiger partial charge in [0.25, 0.3) is 0 Å². The Morgan fingerprint density at radius 1 is 1.16 bits per heavy atom. The van der Waals surface area contributed by atoms with Crippen LogP contribution in [0.3, 0.4) is 0 Å². The van der Waals surface area contributed by atoms with Gasteiger partial charge in [-0.25, -0.2) is 9.59 Å². The smallest absolute Gasteiger partial charge is 0.335 e. The number of aliphatic hydroxyl groups excluding tert-OH is 2. The molecule has 4 rings (SSSR count). The Morgan fingerprint density at radius 2 is 1.84 bits per heavy atom. The number of hydrogen-bond acceptors (Lipinski definition) is 6. The summed E-state index contributed by atoms with van der Waals surface area (Å²) in [5.74, 6) is -2.32. The van der Waals surface area contributed by atoms with Gasteiger partial charge in [-0.15, -0.1) is 6.58 Å². The molecule has 1 aromatic carbocycles. The number of aliphatic hydroxyl groups is 2. The van der Waals surface area contributed by atoms with Crippen molar-refractivity contribution in [2.45, 2.75) is 62.2 Å². The summed E-state index contributed by atoms with van der Waals surface area (Å²) in [5, 5.41) is 42.5. The highest BCUT2D eigenvalue weighted by molar-refractivity contribution is 5.83. The summed E-state index contributed by atoms with van der Waals surface area (Å²) in [6.07, 6.45) is 5.31. The second kappa shape index (κ2) is 9.38. The minimum absolute atomic E-state index is 0.340. The Labute approximate surface area is 181 Å². The fourth-order valence-corrected chi connectivity index (χ4v) is 5.74. The maximum absolute atomic E-state index is 9.98. The summed E-state index contributed by atoms with van der Waals surface area (Å²) in [5.41, 5.74) is 3.29. The summed E-state index contributed by atoms with van der Waals surface area (Å²) in [6, 6.07) is 6.79. The molecule has 5 N–H and O–H groups in total. The molecule has 0 radical (unpaired) electrons. The molecule has 8 heteroatoms. The van der Waals surface area contributed by atoms with Crippen LogP contribution in [0.4, 0.5) is 0 Å². The topological polar surface area (TPSA) is 139 Å². The van der Waals surface area contributed by atoms with E-state index >= 15 is 0 Å². The first-order valence-electron chi connectivity index (χ1n) is 10.7. The predicted molar refractivity (Wildman–Crippen MR) is 113 cm³/mol. The molecule has 1 saturated carbocycles. The van der Waals surface area contributed by atoms with Crippen LogP contribution in [0, 0.1) is 5.92 Å². The van der Waals surface area contributed by atoms with Crippen LogP contribution < -0.4 is 0 Å². The van der Waals surface area contributed by atoms with Gasteiger partial charge in [-0.2, -0.15) is 0 Å². The lowest BCUT2D eigenvalue weighted by molar-refractivity contribution is -0.165. The molecule has 8 nitrogen and oxygen atoms in total. The second-order valence-corrected chi connectivity index (χ2v) is 8.72. The van der Waals surface area contributed by atoms with Gasteiger partial charge < -0.3 is 25.5 Å². The van der Waals surface area contributed by atoms with E-state index in [2.05, 4.69) is 29.7 Å². The Kier molecular flexibility index (Phi) is 7.03. The molecule has 0 amide bonds. The minimum atomic E-state index is -2.27. The van der Waals surface area contributed by atoms with Gasteiger partial charge in [0.1, 0.15) is 5.75 Å². The number of benzene rings is 1. The molecule has 5 atom stereocenters. The lowest BCUT2D eigenvalue weighted by Crippen LogP contribution is -2.60. The third-order valence-corrected chi connectivity index (χ3v) is 7.10. The summed E-state index contributed by atoms with van der Waals surface area (Å²) >= 11 is 0. The highest BCUT2D eigenvalue weighted by Crippen LogP contribution is 2.56. The lowest BCUT2D eigenvalue weighted by atomic mass is 9.52. The molecule has 31 heavy (non-hydrogen) atoms. The number of carbonyl (C=O) groups is 2. The number of rotatable bonds is 5. The van der Waals surface area contributed by atoms with Gasteiger partial charge in [-0.3, -0.25) is 4.90 Å². The predicted octanol–water partition coefficient (Wildman–Crippen LogP) is 1.51. The summed E-state index contributed by atoms with van der Waals surface area (Å²) in [6.45, 7) is 6.15. The van der Waals surface area contributed by atoms with Crippen LogP contribution >= 0.6 is 0 Å². The van der Waals surface area contributed by atoms with Gasteiger partial charge in [0.2, 0.25) is 0 Å². The number of fused-ring (bicyclic) bond motifs is 1. The van der Waals surface area contributed by atoms with E-state index in [-0.39, 0.29) is 0 Å². The normalized spacial score (nSPS) is 28.7. The highest BCUT2D eigenvalue weighted by Gasteiger charge is 2.53. The van der Waals surface area contributed by atoms with E-state index in [9.17, 15) is 14.7 Å². The zero-order chi connectivity index (χ0) is 22.8. The molecule has 2 aliphatic carbocycles. The average Bonchev–Trinajstić information content (AvgIpc) is 2.75. The number of likely N-dealkylation sites (tertiary alicyclic amines) is 1. The number of nitrogens with zero attached hydrogens (tertiary/aromatic N) is 1. The molecule has 0 aromatic heterocycles. The number of phenols is 1. The van der Waals surface area contributed by atoms with Crippen LogP contribution in [0.15, 0.2) is 30.9 Å². The molecule has 2 fully saturated rings. The van der Waals surface area contributed by atoms with Gasteiger partial charge in [-0.1, -0.05) is 25.0 Å². The molecular formula is C23H31NO7. The quantitative estimate of drug-likeness (QED) is 0.441. The standard InChI is InChI=1S/C19H25NO.C4H6O6/c1-2-10-20-11-9-19-8-4-3-5-16(19)18(20)12-14-6-7-15(21)13-17(14)19;5-1(3(7)8)2(6)4(9)10/h2,6-7,13,16,18,21H,1,3-5,8-12H2;1-2,5-6H,(H,7,8)(H,9,10)/t16-,18+,19+;1-,2-/m01/s1.